The molecule has 3 aromatic rings. The fourth-order valence-corrected chi connectivity index (χ4v) is 3.55. The van der Waals surface area contributed by atoms with Crippen molar-refractivity contribution in [2.45, 2.75) is 18.9 Å². The van der Waals surface area contributed by atoms with Crippen molar-refractivity contribution < 1.29 is 5.11 Å². The van der Waals surface area contributed by atoms with Gasteiger partial charge in [0.05, 0.1) is 29.9 Å². The summed E-state index contributed by atoms with van der Waals surface area (Å²) in [5, 5.41) is 15.0. The highest BCUT2D eigenvalue weighted by Crippen LogP contribution is 2.30. The molecule has 1 aromatic carbocycles. The highest BCUT2D eigenvalue weighted by molar-refractivity contribution is 9.10. The Hall–Kier alpha value is -1.99. The Morgan fingerprint density at radius 3 is 3.04 bits per heavy atom. The Bertz CT molecular complexity index is 849. The van der Waals surface area contributed by atoms with E-state index in [1.807, 2.05) is 28.9 Å². The molecule has 1 unspecified atom stereocenters. The molecule has 2 aromatic heterocycles. The maximum absolute atomic E-state index is 9.57. The highest BCUT2D eigenvalue weighted by Gasteiger charge is 2.27. The number of benzene rings is 1. The quantitative estimate of drug-likeness (QED) is 0.763. The molecular weight excluding hydrogens is 358 g/mol. The summed E-state index contributed by atoms with van der Waals surface area (Å²) in [7, 11) is 0. The van der Waals surface area contributed by atoms with E-state index in [4.69, 9.17) is 0 Å². The topological polar surface area (TPSA) is 67.1 Å². The minimum Gasteiger partial charge on any atom is -0.394 e. The average Bonchev–Trinajstić information content (AvgIpc) is 3.21. The van der Waals surface area contributed by atoms with Gasteiger partial charge in [0.1, 0.15) is 12.1 Å². The zero-order chi connectivity index (χ0) is 15.8. The number of aromatic nitrogens is 4. The molecule has 1 saturated heterocycles. The first-order valence-corrected chi connectivity index (χ1v) is 8.39. The van der Waals surface area contributed by atoms with Gasteiger partial charge < -0.3 is 10.0 Å². The molecule has 0 bridgehead atoms. The van der Waals surface area contributed by atoms with Crippen molar-refractivity contribution in [1.29, 1.82) is 0 Å². The van der Waals surface area contributed by atoms with Crippen LogP contribution in [0.4, 0.5) is 5.82 Å². The zero-order valence-electron chi connectivity index (χ0n) is 12.4. The van der Waals surface area contributed by atoms with Gasteiger partial charge in [0.2, 0.25) is 0 Å². The molecular formula is C16H16BrN5O. The molecule has 1 aliphatic heterocycles. The van der Waals surface area contributed by atoms with Crippen LogP contribution in [0.1, 0.15) is 12.8 Å². The van der Waals surface area contributed by atoms with Crippen LogP contribution < -0.4 is 4.90 Å². The molecule has 3 heterocycles. The van der Waals surface area contributed by atoms with E-state index < -0.39 is 0 Å². The van der Waals surface area contributed by atoms with Gasteiger partial charge in [0.15, 0.2) is 5.65 Å². The maximum atomic E-state index is 9.57. The van der Waals surface area contributed by atoms with Crippen LogP contribution >= 0.6 is 15.9 Å². The molecule has 1 atom stereocenters. The smallest absolute Gasteiger partial charge is 0.168 e. The number of rotatable bonds is 3. The Labute approximate surface area is 141 Å². The number of fused-ring (bicyclic) bond motifs is 1. The van der Waals surface area contributed by atoms with E-state index >= 15 is 0 Å². The molecule has 1 fully saturated rings. The SMILES string of the molecule is OCC1CCCN1c1ncnc2c1cnn2-c1cccc(Br)c1. The van der Waals surface area contributed by atoms with E-state index in [1.165, 1.54) is 0 Å². The predicted octanol–water partition coefficient (Wildman–Crippen LogP) is 2.54. The predicted molar refractivity (Wildman–Crippen MR) is 91.8 cm³/mol. The average molecular weight is 374 g/mol. The molecule has 23 heavy (non-hydrogen) atoms. The molecule has 0 aliphatic carbocycles. The molecule has 118 valence electrons. The van der Waals surface area contributed by atoms with Crippen LogP contribution in [-0.4, -0.2) is 44.0 Å². The van der Waals surface area contributed by atoms with Crippen LogP contribution in [0.5, 0.6) is 0 Å². The molecule has 7 heteroatoms. The standard InChI is InChI=1S/C16H16BrN5O/c17-11-3-1-4-12(7-11)22-16-14(8-20-22)15(18-10-19-16)21-6-2-5-13(21)9-23/h1,3-4,7-8,10,13,23H,2,5-6,9H2. The van der Waals surface area contributed by atoms with E-state index in [0.717, 1.165) is 46.4 Å². The summed E-state index contributed by atoms with van der Waals surface area (Å²) >= 11 is 3.49. The molecule has 0 spiro atoms. The Balaban J connectivity index is 1.84. The van der Waals surface area contributed by atoms with Gasteiger partial charge in [-0.3, -0.25) is 0 Å². The second-order valence-electron chi connectivity index (χ2n) is 5.64. The zero-order valence-corrected chi connectivity index (χ0v) is 14.0. The summed E-state index contributed by atoms with van der Waals surface area (Å²) in [6.07, 6.45) is 5.43. The Morgan fingerprint density at radius 2 is 2.22 bits per heavy atom. The van der Waals surface area contributed by atoms with Crippen molar-refractivity contribution in [3.05, 3.63) is 41.3 Å². The third-order valence-corrected chi connectivity index (χ3v) is 4.75. The van der Waals surface area contributed by atoms with Gasteiger partial charge in [0, 0.05) is 11.0 Å². The van der Waals surface area contributed by atoms with E-state index in [9.17, 15) is 5.11 Å². The number of anilines is 1. The van der Waals surface area contributed by atoms with Crippen LogP contribution in [0.15, 0.2) is 41.3 Å². The van der Waals surface area contributed by atoms with Crippen LogP contribution in [-0.2, 0) is 0 Å². The van der Waals surface area contributed by atoms with Crippen molar-refractivity contribution in [1.82, 2.24) is 19.7 Å². The first kappa shape index (κ1) is 14.6. The number of aliphatic hydroxyl groups excluding tert-OH is 1. The van der Waals surface area contributed by atoms with Gasteiger partial charge in [-0.15, -0.1) is 0 Å². The van der Waals surface area contributed by atoms with Crippen molar-refractivity contribution >= 4 is 32.8 Å². The van der Waals surface area contributed by atoms with Crippen molar-refractivity contribution in [3.63, 3.8) is 0 Å². The highest BCUT2D eigenvalue weighted by atomic mass is 79.9. The maximum Gasteiger partial charge on any atom is 0.168 e. The summed E-state index contributed by atoms with van der Waals surface area (Å²) in [6.45, 7) is 1.05. The minimum absolute atomic E-state index is 0.127. The summed E-state index contributed by atoms with van der Waals surface area (Å²) in [6, 6.07) is 8.07. The lowest BCUT2D eigenvalue weighted by Crippen LogP contribution is -2.32. The fourth-order valence-electron chi connectivity index (χ4n) is 3.16. The molecule has 0 saturated carbocycles. The second kappa shape index (κ2) is 5.90. The van der Waals surface area contributed by atoms with E-state index in [-0.39, 0.29) is 12.6 Å². The van der Waals surface area contributed by atoms with E-state index in [1.54, 1.807) is 12.5 Å². The first-order valence-electron chi connectivity index (χ1n) is 7.60. The number of hydrogen-bond donors (Lipinski definition) is 1. The van der Waals surface area contributed by atoms with Gasteiger partial charge in [-0.05, 0) is 31.0 Å². The normalized spacial score (nSPS) is 18.0. The Morgan fingerprint density at radius 1 is 1.30 bits per heavy atom. The van der Waals surface area contributed by atoms with Crippen molar-refractivity contribution in [2.24, 2.45) is 0 Å². The van der Waals surface area contributed by atoms with Gasteiger partial charge in [-0.25, -0.2) is 14.6 Å². The van der Waals surface area contributed by atoms with Crippen LogP contribution in [0.25, 0.3) is 16.7 Å². The third kappa shape index (κ3) is 2.49. The monoisotopic (exact) mass is 373 g/mol. The van der Waals surface area contributed by atoms with E-state index in [0.29, 0.717) is 0 Å². The molecule has 6 nitrogen and oxygen atoms in total. The summed E-state index contributed by atoms with van der Waals surface area (Å²) in [5.74, 6) is 0.854. The number of hydrogen-bond acceptors (Lipinski definition) is 5. The van der Waals surface area contributed by atoms with Gasteiger partial charge in [0.25, 0.3) is 0 Å². The van der Waals surface area contributed by atoms with Crippen molar-refractivity contribution in [3.8, 4) is 5.69 Å². The van der Waals surface area contributed by atoms with Crippen LogP contribution in [0.2, 0.25) is 0 Å². The lowest BCUT2D eigenvalue weighted by molar-refractivity contribution is 0.266. The number of halogens is 1. The van der Waals surface area contributed by atoms with Gasteiger partial charge in [-0.1, -0.05) is 22.0 Å². The lowest BCUT2D eigenvalue weighted by Gasteiger charge is -2.24. The van der Waals surface area contributed by atoms with Gasteiger partial charge in [-0.2, -0.15) is 5.10 Å². The van der Waals surface area contributed by atoms with E-state index in [2.05, 4.69) is 35.9 Å². The van der Waals surface area contributed by atoms with Gasteiger partial charge >= 0.3 is 0 Å². The molecule has 4 rings (SSSR count). The lowest BCUT2D eigenvalue weighted by atomic mass is 10.2. The van der Waals surface area contributed by atoms with Crippen LogP contribution in [0.3, 0.4) is 0 Å². The third-order valence-electron chi connectivity index (χ3n) is 4.26. The fraction of sp³-hybridized carbons (Fsp3) is 0.312. The minimum atomic E-state index is 0.127. The molecule has 1 N–H and O–H groups in total. The first-order chi connectivity index (χ1) is 11.3. The Kier molecular flexibility index (Phi) is 3.74. The second-order valence-corrected chi connectivity index (χ2v) is 6.56. The summed E-state index contributed by atoms with van der Waals surface area (Å²) in [4.78, 5) is 11.0. The van der Waals surface area contributed by atoms with Crippen LogP contribution in [0, 0.1) is 0 Å². The molecule has 0 radical (unpaired) electrons. The summed E-state index contributed by atoms with van der Waals surface area (Å²) < 4.78 is 2.81. The number of aliphatic hydroxyl groups is 1. The largest absolute Gasteiger partial charge is 0.394 e. The number of nitrogens with zero attached hydrogens (tertiary/aromatic N) is 5. The summed E-state index contributed by atoms with van der Waals surface area (Å²) in [5.41, 5.74) is 1.72. The molecule has 0 amide bonds. The molecule has 1 aliphatic rings. The van der Waals surface area contributed by atoms with Crippen molar-refractivity contribution in [2.75, 3.05) is 18.1 Å².